The van der Waals surface area contributed by atoms with Crippen molar-refractivity contribution >= 4 is 48.3 Å². The molecule has 0 aliphatic rings. The minimum atomic E-state index is -4.25. The standard InChI is InChI=1S/C24H27F3N4O4S2/c25-24(26,27)13-3-1-2-4-14-31(15-6-16-32)22(33)17-9-11-18(12-10-17)30-37(34,35)20-8-5-7-19-21(20)29-23(28)36-19/h1,3,5,7-12,30,32H,2,4,6,13-16H2,(H2,28,29)/b3-1+. The minimum Gasteiger partial charge on any atom is -0.396 e. The van der Waals surface area contributed by atoms with Gasteiger partial charge in [-0.2, -0.15) is 13.2 Å². The molecule has 0 saturated heterocycles. The van der Waals surface area contributed by atoms with Crippen molar-refractivity contribution in [3.05, 3.63) is 60.2 Å². The number of amides is 1. The summed E-state index contributed by atoms with van der Waals surface area (Å²) in [4.78, 5) is 18.6. The van der Waals surface area contributed by atoms with Gasteiger partial charge in [-0.25, -0.2) is 13.4 Å². The molecule has 0 radical (unpaired) electrons. The summed E-state index contributed by atoms with van der Waals surface area (Å²) in [6.45, 7) is 0.453. The zero-order valence-corrected chi connectivity index (χ0v) is 21.4. The molecule has 0 atom stereocenters. The van der Waals surface area contributed by atoms with Gasteiger partial charge in [0.05, 0.1) is 11.1 Å². The third-order valence-electron chi connectivity index (χ3n) is 5.26. The normalized spacial score (nSPS) is 12.3. The van der Waals surface area contributed by atoms with Gasteiger partial charge in [0.25, 0.3) is 15.9 Å². The molecule has 4 N–H and O–H groups in total. The fourth-order valence-electron chi connectivity index (χ4n) is 3.54. The maximum atomic E-state index is 13.0. The van der Waals surface area contributed by atoms with Gasteiger partial charge in [0.15, 0.2) is 5.13 Å². The van der Waals surface area contributed by atoms with Crippen LogP contribution in [0.25, 0.3) is 10.2 Å². The van der Waals surface area contributed by atoms with E-state index in [2.05, 4.69) is 9.71 Å². The van der Waals surface area contributed by atoms with Gasteiger partial charge in [-0.05, 0) is 55.7 Å². The number of halogens is 3. The molecule has 2 aromatic carbocycles. The van der Waals surface area contributed by atoms with E-state index in [1.54, 1.807) is 12.1 Å². The lowest BCUT2D eigenvalue weighted by atomic mass is 10.1. The highest BCUT2D eigenvalue weighted by Crippen LogP contribution is 2.30. The predicted molar refractivity (Wildman–Crippen MR) is 138 cm³/mol. The van der Waals surface area contributed by atoms with E-state index in [0.29, 0.717) is 36.1 Å². The zero-order valence-electron chi connectivity index (χ0n) is 19.7. The van der Waals surface area contributed by atoms with Crippen LogP contribution in [-0.4, -0.2) is 55.2 Å². The number of nitrogens with one attached hydrogen (secondary N) is 1. The van der Waals surface area contributed by atoms with Gasteiger partial charge >= 0.3 is 6.18 Å². The molecule has 0 aliphatic heterocycles. The number of aromatic nitrogens is 1. The topological polar surface area (TPSA) is 126 Å². The highest BCUT2D eigenvalue weighted by Gasteiger charge is 2.24. The van der Waals surface area contributed by atoms with E-state index in [9.17, 15) is 26.4 Å². The summed E-state index contributed by atoms with van der Waals surface area (Å²) < 4.78 is 65.7. The van der Waals surface area contributed by atoms with Crippen LogP contribution in [0.4, 0.5) is 24.0 Å². The number of anilines is 2. The lowest BCUT2D eigenvalue weighted by Gasteiger charge is -2.22. The molecule has 0 fully saturated rings. The van der Waals surface area contributed by atoms with E-state index in [1.165, 1.54) is 52.6 Å². The van der Waals surface area contributed by atoms with E-state index in [4.69, 9.17) is 10.8 Å². The second kappa shape index (κ2) is 12.4. The van der Waals surface area contributed by atoms with Crippen molar-refractivity contribution in [3.63, 3.8) is 0 Å². The molecule has 3 rings (SSSR count). The van der Waals surface area contributed by atoms with Crippen LogP contribution in [0.1, 0.15) is 36.0 Å². The van der Waals surface area contributed by atoms with Gasteiger partial charge in [-0.1, -0.05) is 29.6 Å². The lowest BCUT2D eigenvalue weighted by molar-refractivity contribution is -0.125. The molecule has 0 bridgehead atoms. The van der Waals surface area contributed by atoms with Crippen LogP contribution < -0.4 is 10.5 Å². The number of nitrogens with two attached hydrogens (primary N) is 1. The lowest BCUT2D eigenvalue weighted by Crippen LogP contribution is -2.33. The van der Waals surface area contributed by atoms with Crippen LogP contribution in [0.15, 0.2) is 59.5 Å². The van der Waals surface area contributed by atoms with Crippen molar-refractivity contribution in [3.8, 4) is 0 Å². The molecule has 0 spiro atoms. The first-order chi connectivity index (χ1) is 17.5. The van der Waals surface area contributed by atoms with Crippen LogP contribution in [0.2, 0.25) is 0 Å². The number of para-hydroxylation sites is 1. The van der Waals surface area contributed by atoms with Gasteiger partial charge in [0.2, 0.25) is 0 Å². The van der Waals surface area contributed by atoms with Crippen LogP contribution in [0, 0.1) is 0 Å². The molecule has 200 valence electrons. The monoisotopic (exact) mass is 556 g/mol. The number of rotatable bonds is 12. The molecular formula is C24H27F3N4O4S2. The molecule has 37 heavy (non-hydrogen) atoms. The number of allylic oxidation sites excluding steroid dienone is 2. The number of benzene rings is 2. The molecule has 0 saturated carbocycles. The Morgan fingerprint density at radius 1 is 1.11 bits per heavy atom. The summed E-state index contributed by atoms with van der Waals surface area (Å²) in [6, 6.07) is 10.6. The van der Waals surface area contributed by atoms with Crippen molar-refractivity contribution in [1.29, 1.82) is 0 Å². The van der Waals surface area contributed by atoms with Gasteiger partial charge in [0.1, 0.15) is 10.4 Å². The summed E-state index contributed by atoms with van der Waals surface area (Å²) in [5.74, 6) is -0.329. The molecule has 1 amide bonds. The largest absolute Gasteiger partial charge is 0.396 e. The fraction of sp³-hybridized carbons (Fsp3) is 0.333. The Bertz CT molecular complexity index is 1340. The number of carbonyl (C=O) groups is 1. The molecule has 13 heteroatoms. The summed E-state index contributed by atoms with van der Waals surface area (Å²) in [5, 5.41) is 9.41. The molecule has 1 aromatic heterocycles. The quantitative estimate of drug-likeness (QED) is 0.218. The first-order valence-electron chi connectivity index (χ1n) is 11.4. The highest BCUT2D eigenvalue weighted by atomic mass is 32.2. The number of aliphatic hydroxyl groups excluding tert-OH is 1. The predicted octanol–water partition coefficient (Wildman–Crippen LogP) is 4.79. The maximum absolute atomic E-state index is 13.0. The molecule has 1 heterocycles. The zero-order chi connectivity index (χ0) is 27.1. The van der Waals surface area contributed by atoms with Crippen LogP contribution >= 0.6 is 11.3 Å². The van der Waals surface area contributed by atoms with Gasteiger partial charge in [0, 0.05) is 30.9 Å². The number of hydrogen-bond donors (Lipinski definition) is 3. The van der Waals surface area contributed by atoms with Crippen LogP contribution in [0.3, 0.4) is 0 Å². The Hall–Kier alpha value is -3.16. The van der Waals surface area contributed by atoms with Gasteiger partial charge in [-0.3, -0.25) is 9.52 Å². The number of thiazole rings is 1. The summed E-state index contributed by atoms with van der Waals surface area (Å²) in [5.41, 5.74) is 6.55. The average Bonchev–Trinajstić information content (AvgIpc) is 3.22. The van der Waals surface area contributed by atoms with E-state index < -0.39 is 22.6 Å². The number of nitrogens with zero attached hydrogens (tertiary/aromatic N) is 2. The summed E-state index contributed by atoms with van der Waals surface area (Å²) in [7, 11) is -3.98. The van der Waals surface area contributed by atoms with Crippen molar-refractivity contribution < 1.29 is 31.5 Å². The third-order valence-corrected chi connectivity index (χ3v) is 7.52. The van der Waals surface area contributed by atoms with Crippen LogP contribution in [0.5, 0.6) is 0 Å². The van der Waals surface area contributed by atoms with E-state index in [0.717, 1.165) is 6.08 Å². The number of hydrogen-bond acceptors (Lipinski definition) is 7. The summed E-state index contributed by atoms with van der Waals surface area (Å²) in [6.07, 6.45) is -1.58. The second-order valence-corrected chi connectivity index (χ2v) is 10.9. The van der Waals surface area contributed by atoms with Crippen LogP contribution in [-0.2, 0) is 10.0 Å². The Labute approximate surface area is 216 Å². The average molecular weight is 557 g/mol. The minimum absolute atomic E-state index is 0.0161. The molecular weight excluding hydrogens is 529 g/mol. The number of nitrogen functional groups attached to an aromatic ring is 1. The maximum Gasteiger partial charge on any atom is 0.392 e. The van der Waals surface area contributed by atoms with Gasteiger partial charge < -0.3 is 15.7 Å². The number of carbonyl (C=O) groups excluding carboxylic acids is 1. The van der Waals surface area contributed by atoms with Crippen molar-refractivity contribution in [1.82, 2.24) is 9.88 Å². The first-order valence-corrected chi connectivity index (χ1v) is 13.7. The van der Waals surface area contributed by atoms with Crippen molar-refractivity contribution in [2.45, 2.75) is 36.8 Å². The Morgan fingerprint density at radius 3 is 2.49 bits per heavy atom. The number of sulfonamides is 1. The van der Waals surface area contributed by atoms with E-state index >= 15 is 0 Å². The summed E-state index contributed by atoms with van der Waals surface area (Å²) >= 11 is 1.18. The van der Waals surface area contributed by atoms with Gasteiger partial charge in [-0.15, -0.1) is 0 Å². The molecule has 3 aromatic rings. The first kappa shape index (κ1) is 28.4. The molecule has 8 nitrogen and oxygen atoms in total. The number of fused-ring (bicyclic) bond motifs is 1. The Kier molecular flexibility index (Phi) is 9.51. The number of alkyl halides is 3. The SMILES string of the molecule is Nc1nc2c(S(=O)(=O)Nc3ccc(C(=O)N(CCCO)CCC/C=C/CC(F)(F)F)cc3)cccc2s1. The molecule has 0 aliphatic carbocycles. The smallest absolute Gasteiger partial charge is 0.392 e. The third kappa shape index (κ3) is 8.17. The van der Waals surface area contributed by atoms with Crippen molar-refractivity contribution in [2.24, 2.45) is 0 Å². The highest BCUT2D eigenvalue weighted by molar-refractivity contribution is 7.93. The van der Waals surface area contributed by atoms with Crippen molar-refractivity contribution in [2.75, 3.05) is 30.2 Å². The second-order valence-electron chi connectivity index (χ2n) is 8.14. The number of unbranched alkanes of at least 4 members (excludes halogenated alkanes) is 1. The Balaban J connectivity index is 1.66. The molecule has 0 unspecified atom stereocenters. The van der Waals surface area contributed by atoms with E-state index in [-0.39, 0.29) is 40.3 Å². The fourth-order valence-corrected chi connectivity index (χ4v) is 5.59. The Morgan fingerprint density at radius 2 is 1.81 bits per heavy atom. The van der Waals surface area contributed by atoms with E-state index in [1.807, 2.05) is 0 Å². The number of aliphatic hydroxyl groups is 1.